The molecule has 20 heavy (non-hydrogen) atoms. The molecule has 1 aromatic heterocycles. The van der Waals surface area contributed by atoms with E-state index in [2.05, 4.69) is 31.4 Å². The highest BCUT2D eigenvalue weighted by molar-refractivity contribution is 9.10. The third kappa shape index (κ3) is 3.04. The number of amides is 1. The summed E-state index contributed by atoms with van der Waals surface area (Å²) < 4.78 is 14.1. The highest BCUT2D eigenvalue weighted by Crippen LogP contribution is 2.42. The molecule has 2 aromatic rings. The van der Waals surface area contributed by atoms with Crippen LogP contribution in [-0.2, 0) is 11.2 Å². The maximum atomic E-state index is 13.8. The van der Waals surface area contributed by atoms with E-state index in [1.54, 1.807) is 18.2 Å². The summed E-state index contributed by atoms with van der Waals surface area (Å²) in [5, 5.41) is 12.1. The highest BCUT2D eigenvalue weighted by atomic mass is 79.9. The van der Waals surface area contributed by atoms with E-state index in [0.717, 1.165) is 17.8 Å². The summed E-state index contributed by atoms with van der Waals surface area (Å²) >= 11 is 4.49. The summed E-state index contributed by atoms with van der Waals surface area (Å²) in [5.41, 5.74) is 0.351. The first kappa shape index (κ1) is 13.6. The van der Waals surface area contributed by atoms with Gasteiger partial charge in [0.1, 0.15) is 10.8 Å². The summed E-state index contributed by atoms with van der Waals surface area (Å²) in [6, 6.07) is 4.89. The van der Waals surface area contributed by atoms with Gasteiger partial charge in [-0.3, -0.25) is 4.79 Å². The second-order valence-corrected chi connectivity index (χ2v) is 6.52. The van der Waals surface area contributed by atoms with Crippen molar-refractivity contribution in [3.05, 3.63) is 39.1 Å². The fourth-order valence-corrected chi connectivity index (χ4v) is 3.14. The van der Waals surface area contributed by atoms with E-state index in [4.69, 9.17) is 0 Å². The molecule has 0 bridgehead atoms. The van der Waals surface area contributed by atoms with Gasteiger partial charge in [-0.15, -0.1) is 10.2 Å². The Morgan fingerprint density at radius 1 is 1.45 bits per heavy atom. The Hall–Kier alpha value is -1.34. The third-order valence-electron chi connectivity index (χ3n) is 3.00. The number of carbonyl (C=O) groups is 1. The van der Waals surface area contributed by atoms with Crippen LogP contribution in [0.2, 0.25) is 0 Å². The molecule has 1 heterocycles. The molecule has 0 unspecified atom stereocenters. The van der Waals surface area contributed by atoms with Gasteiger partial charge in [0.15, 0.2) is 0 Å². The summed E-state index contributed by atoms with van der Waals surface area (Å²) in [7, 11) is 0. The molecule has 1 fully saturated rings. The van der Waals surface area contributed by atoms with E-state index in [-0.39, 0.29) is 12.3 Å². The van der Waals surface area contributed by atoms with Gasteiger partial charge in [-0.05, 0) is 40.4 Å². The normalized spacial score (nSPS) is 14.3. The molecule has 0 radical (unpaired) electrons. The molecule has 0 atom stereocenters. The molecule has 1 N–H and O–H groups in total. The molecule has 3 rings (SSSR count). The maximum absolute atomic E-state index is 13.8. The first-order chi connectivity index (χ1) is 9.63. The first-order valence-electron chi connectivity index (χ1n) is 6.19. The number of carbonyl (C=O) groups excluding carboxylic acids is 1. The van der Waals surface area contributed by atoms with Crippen molar-refractivity contribution in [2.45, 2.75) is 25.2 Å². The molecule has 7 heteroatoms. The molecule has 4 nitrogen and oxygen atoms in total. The van der Waals surface area contributed by atoms with Crippen LogP contribution in [0.4, 0.5) is 9.52 Å². The largest absolute Gasteiger partial charge is 0.300 e. The molecule has 1 aliphatic rings. The van der Waals surface area contributed by atoms with Crippen LogP contribution in [0.5, 0.6) is 0 Å². The van der Waals surface area contributed by atoms with Gasteiger partial charge >= 0.3 is 0 Å². The van der Waals surface area contributed by atoms with Crippen LogP contribution >= 0.6 is 27.3 Å². The molecule has 1 aliphatic carbocycles. The Kier molecular flexibility index (Phi) is 3.80. The molecule has 1 aromatic carbocycles. The summed E-state index contributed by atoms with van der Waals surface area (Å²) in [4.78, 5) is 11.9. The third-order valence-corrected chi connectivity index (χ3v) is 4.61. The lowest BCUT2D eigenvalue weighted by Crippen LogP contribution is -2.15. The molecule has 104 valence electrons. The minimum Gasteiger partial charge on any atom is -0.300 e. The fourth-order valence-electron chi connectivity index (χ4n) is 1.80. The van der Waals surface area contributed by atoms with Gasteiger partial charge in [-0.1, -0.05) is 23.5 Å². The van der Waals surface area contributed by atoms with Gasteiger partial charge in [-0.25, -0.2) is 4.39 Å². The lowest BCUT2D eigenvalue weighted by atomic mass is 10.1. The van der Waals surface area contributed by atoms with Crippen LogP contribution in [0.3, 0.4) is 0 Å². The number of halogens is 2. The van der Waals surface area contributed by atoms with Gasteiger partial charge in [-0.2, -0.15) is 0 Å². The number of nitrogens with zero attached hydrogens (tertiary/aromatic N) is 2. The molecule has 0 saturated heterocycles. The zero-order valence-electron chi connectivity index (χ0n) is 10.4. The minimum atomic E-state index is -0.404. The highest BCUT2D eigenvalue weighted by Gasteiger charge is 2.27. The molecule has 1 amide bonds. The van der Waals surface area contributed by atoms with Gasteiger partial charge < -0.3 is 5.32 Å². The van der Waals surface area contributed by atoms with E-state index >= 15 is 0 Å². The lowest BCUT2D eigenvalue weighted by Gasteiger charge is -2.04. The predicted molar refractivity (Wildman–Crippen MR) is 78.3 cm³/mol. The van der Waals surface area contributed by atoms with Gasteiger partial charge in [0, 0.05) is 5.92 Å². The van der Waals surface area contributed by atoms with Crippen molar-refractivity contribution in [3.63, 3.8) is 0 Å². The van der Waals surface area contributed by atoms with Crippen molar-refractivity contribution in [3.8, 4) is 0 Å². The summed E-state index contributed by atoms with van der Waals surface area (Å²) in [6.07, 6.45) is 2.27. The second-order valence-electron chi connectivity index (χ2n) is 4.66. The minimum absolute atomic E-state index is 0.0242. The van der Waals surface area contributed by atoms with Crippen LogP contribution in [0.25, 0.3) is 0 Å². The Labute approximate surface area is 127 Å². The number of hydrogen-bond donors (Lipinski definition) is 1. The Morgan fingerprint density at radius 2 is 2.25 bits per heavy atom. The van der Waals surface area contributed by atoms with Crippen LogP contribution in [-0.4, -0.2) is 16.1 Å². The first-order valence-corrected chi connectivity index (χ1v) is 7.80. The SMILES string of the molecule is O=C(Cc1cccc(Br)c1F)Nc1nnc(C2CC2)s1. The van der Waals surface area contributed by atoms with Gasteiger partial charge in [0.25, 0.3) is 0 Å². The van der Waals surface area contributed by atoms with E-state index < -0.39 is 5.82 Å². The van der Waals surface area contributed by atoms with Crippen molar-refractivity contribution in [2.24, 2.45) is 0 Å². The summed E-state index contributed by atoms with van der Waals surface area (Å²) in [6.45, 7) is 0. The fraction of sp³-hybridized carbons (Fsp3) is 0.308. The van der Waals surface area contributed by atoms with Gasteiger partial charge in [0.2, 0.25) is 11.0 Å². The topological polar surface area (TPSA) is 54.9 Å². The van der Waals surface area contributed by atoms with Crippen LogP contribution < -0.4 is 5.32 Å². The van der Waals surface area contributed by atoms with E-state index in [0.29, 0.717) is 21.1 Å². The molecule has 0 spiro atoms. The number of rotatable bonds is 4. The smallest absolute Gasteiger partial charge is 0.230 e. The number of anilines is 1. The van der Waals surface area contributed by atoms with Crippen LogP contribution in [0.15, 0.2) is 22.7 Å². The zero-order valence-corrected chi connectivity index (χ0v) is 12.8. The average molecular weight is 356 g/mol. The number of benzene rings is 1. The van der Waals surface area contributed by atoms with E-state index in [1.807, 2.05) is 0 Å². The second kappa shape index (κ2) is 5.57. The molecular weight excluding hydrogens is 345 g/mol. The monoisotopic (exact) mass is 355 g/mol. The van der Waals surface area contributed by atoms with Crippen molar-refractivity contribution >= 4 is 38.3 Å². The lowest BCUT2D eigenvalue weighted by molar-refractivity contribution is -0.115. The summed E-state index contributed by atoms with van der Waals surface area (Å²) in [5.74, 6) is -0.181. The average Bonchev–Trinajstić information content (AvgIpc) is 3.16. The maximum Gasteiger partial charge on any atom is 0.230 e. The predicted octanol–water partition coefficient (Wildman–Crippen LogP) is 3.50. The Morgan fingerprint density at radius 3 is 3.00 bits per heavy atom. The molecule has 1 saturated carbocycles. The zero-order chi connectivity index (χ0) is 14.1. The molecular formula is C13H11BrFN3OS. The van der Waals surface area contributed by atoms with Crippen molar-refractivity contribution in [2.75, 3.05) is 5.32 Å². The van der Waals surface area contributed by atoms with E-state index in [9.17, 15) is 9.18 Å². The van der Waals surface area contributed by atoms with Crippen LogP contribution in [0.1, 0.15) is 29.3 Å². The Bertz CT molecular complexity index is 657. The van der Waals surface area contributed by atoms with Crippen molar-refractivity contribution in [1.29, 1.82) is 0 Å². The quantitative estimate of drug-likeness (QED) is 0.912. The Balaban J connectivity index is 1.65. The number of nitrogens with one attached hydrogen (secondary N) is 1. The molecule has 0 aliphatic heterocycles. The van der Waals surface area contributed by atoms with Crippen LogP contribution in [0, 0.1) is 5.82 Å². The number of hydrogen-bond acceptors (Lipinski definition) is 4. The standard InChI is InChI=1S/C13H11BrFN3OS/c14-9-3-1-2-8(11(9)15)6-10(19)16-13-18-17-12(20-13)7-4-5-7/h1-3,7H,4-6H2,(H,16,18,19). The van der Waals surface area contributed by atoms with Gasteiger partial charge in [0.05, 0.1) is 10.9 Å². The van der Waals surface area contributed by atoms with Crippen molar-refractivity contribution in [1.82, 2.24) is 10.2 Å². The van der Waals surface area contributed by atoms with Crippen molar-refractivity contribution < 1.29 is 9.18 Å². The number of aromatic nitrogens is 2. The van der Waals surface area contributed by atoms with E-state index in [1.165, 1.54) is 11.3 Å².